The molecule has 42 heavy (non-hydrogen) atoms. The van der Waals surface area contributed by atoms with Crippen molar-refractivity contribution in [3.8, 4) is 0 Å². The van der Waals surface area contributed by atoms with Gasteiger partial charge in [-0.25, -0.2) is 0 Å². The molecular weight excluding hydrogens is 567 g/mol. The molecule has 4 aliphatic carbocycles. The number of carboxylic acids is 1. The number of aliphatic hydroxyl groups excluding tert-OH is 3. The molecular formula is C30H49O11P. The van der Waals surface area contributed by atoms with Gasteiger partial charge in [0.25, 0.3) is 0 Å². The Hall–Kier alpha value is -1.36. The summed E-state index contributed by atoms with van der Waals surface area (Å²) in [5, 5.41) is 42.6. The Balaban J connectivity index is 1.33. The van der Waals surface area contributed by atoms with Gasteiger partial charge in [0.15, 0.2) is 0 Å². The summed E-state index contributed by atoms with van der Waals surface area (Å²) in [5.41, 5.74) is -0.422. The monoisotopic (exact) mass is 616 g/mol. The molecule has 0 aromatic carbocycles. The van der Waals surface area contributed by atoms with Gasteiger partial charge in [0.2, 0.25) is 0 Å². The van der Waals surface area contributed by atoms with Gasteiger partial charge in [-0.05, 0) is 104 Å². The number of hydrogen-bond donors (Lipinski definition) is 6. The molecule has 4 saturated carbocycles. The maximum absolute atomic E-state index is 12.4. The quantitative estimate of drug-likeness (QED) is 0.120. The fourth-order valence-electron chi connectivity index (χ4n) is 9.78. The van der Waals surface area contributed by atoms with Crippen LogP contribution in [0.4, 0.5) is 0 Å². The number of carbonyl (C=O) groups excluding carboxylic acids is 2. The lowest BCUT2D eigenvalue weighted by atomic mass is 9.43. The third kappa shape index (κ3) is 6.66. The van der Waals surface area contributed by atoms with Gasteiger partial charge in [0, 0.05) is 12.8 Å². The van der Waals surface area contributed by atoms with Crippen LogP contribution in [0.3, 0.4) is 0 Å². The van der Waals surface area contributed by atoms with Crippen LogP contribution in [0.25, 0.3) is 0 Å². The highest BCUT2D eigenvalue weighted by atomic mass is 31.2. The Morgan fingerprint density at radius 2 is 1.57 bits per heavy atom. The lowest BCUT2D eigenvalue weighted by Crippen LogP contribution is -2.62. The van der Waals surface area contributed by atoms with Crippen LogP contribution in [0.1, 0.15) is 91.4 Å². The SMILES string of the molecule is C[C@H](CCC(=O)OC(=O)CCC(CP(=O)(O)O)C(=O)O)C1CCC2C3C(C[C@H](O)[C@@]21C)[C@@]1(C)CC[C@@H](O)CC1C[C@H]3O. The highest BCUT2D eigenvalue weighted by Crippen LogP contribution is 2.68. The van der Waals surface area contributed by atoms with E-state index in [9.17, 15) is 34.3 Å². The molecule has 0 aliphatic heterocycles. The summed E-state index contributed by atoms with van der Waals surface area (Å²) < 4.78 is 16.0. The third-order valence-electron chi connectivity index (χ3n) is 12.1. The zero-order chi connectivity index (χ0) is 31.2. The van der Waals surface area contributed by atoms with Crippen molar-refractivity contribution in [3.63, 3.8) is 0 Å². The lowest BCUT2D eigenvalue weighted by molar-refractivity contribution is -0.207. The lowest BCUT2D eigenvalue weighted by Gasteiger charge is -2.63. The Morgan fingerprint density at radius 3 is 2.19 bits per heavy atom. The molecule has 0 radical (unpaired) electrons. The summed E-state index contributed by atoms with van der Waals surface area (Å²) in [7, 11) is -4.58. The summed E-state index contributed by atoms with van der Waals surface area (Å²) in [5.74, 6) is -3.66. The average Bonchev–Trinajstić information content (AvgIpc) is 3.24. The van der Waals surface area contributed by atoms with Crippen LogP contribution in [0, 0.1) is 52.3 Å². The fraction of sp³-hybridized carbons (Fsp3) is 0.900. The Kier molecular flexibility index (Phi) is 10.0. The number of esters is 2. The second-order valence-electron chi connectivity index (χ2n) is 14.3. The predicted octanol–water partition coefficient (Wildman–Crippen LogP) is 3.09. The van der Waals surface area contributed by atoms with Gasteiger partial charge in [-0.3, -0.25) is 18.9 Å². The van der Waals surface area contributed by atoms with Crippen molar-refractivity contribution in [2.45, 2.75) is 110 Å². The molecule has 0 heterocycles. The highest BCUT2D eigenvalue weighted by Gasteiger charge is 2.65. The van der Waals surface area contributed by atoms with Gasteiger partial charge in [0.05, 0.1) is 30.4 Å². The molecule has 0 spiro atoms. The molecule has 11 nitrogen and oxygen atoms in total. The van der Waals surface area contributed by atoms with E-state index in [1.807, 2.05) is 6.92 Å². The molecule has 6 unspecified atom stereocenters. The van der Waals surface area contributed by atoms with Crippen molar-refractivity contribution in [1.29, 1.82) is 0 Å². The van der Waals surface area contributed by atoms with Crippen molar-refractivity contribution in [1.82, 2.24) is 0 Å². The van der Waals surface area contributed by atoms with E-state index in [0.717, 1.165) is 25.7 Å². The summed E-state index contributed by atoms with van der Waals surface area (Å²) >= 11 is 0. The van der Waals surface area contributed by atoms with Gasteiger partial charge >= 0.3 is 25.5 Å². The number of aliphatic hydroxyl groups is 3. The summed E-state index contributed by atoms with van der Waals surface area (Å²) in [6.45, 7) is 6.48. The van der Waals surface area contributed by atoms with Gasteiger partial charge in [-0.1, -0.05) is 20.8 Å². The Labute approximate surface area is 247 Å². The minimum absolute atomic E-state index is 0.00817. The van der Waals surface area contributed by atoms with Crippen LogP contribution >= 0.6 is 7.60 Å². The van der Waals surface area contributed by atoms with Crippen molar-refractivity contribution in [2.24, 2.45) is 52.3 Å². The minimum Gasteiger partial charge on any atom is -0.481 e. The van der Waals surface area contributed by atoms with Gasteiger partial charge < -0.3 is 34.9 Å². The van der Waals surface area contributed by atoms with Gasteiger partial charge in [-0.2, -0.15) is 0 Å². The Morgan fingerprint density at radius 1 is 0.929 bits per heavy atom. The number of rotatable bonds is 10. The summed E-state index contributed by atoms with van der Waals surface area (Å²) in [6.07, 6.45) is 2.84. The molecule has 0 saturated heterocycles. The number of aliphatic carboxylic acids is 1. The van der Waals surface area contributed by atoms with E-state index < -0.39 is 61.6 Å². The molecule has 4 fully saturated rings. The van der Waals surface area contributed by atoms with E-state index in [1.54, 1.807) is 0 Å². The molecule has 240 valence electrons. The molecule has 6 N–H and O–H groups in total. The van der Waals surface area contributed by atoms with E-state index in [1.165, 1.54) is 0 Å². The first-order valence-corrected chi connectivity index (χ1v) is 17.3. The maximum atomic E-state index is 12.4. The molecule has 0 aromatic heterocycles. The van der Waals surface area contributed by atoms with Crippen LogP contribution in [-0.4, -0.2) is 72.6 Å². The summed E-state index contributed by atoms with van der Waals surface area (Å²) in [4.78, 5) is 53.9. The largest absolute Gasteiger partial charge is 0.481 e. The molecule has 4 aliphatic rings. The average molecular weight is 617 g/mol. The van der Waals surface area contributed by atoms with E-state index >= 15 is 0 Å². The smallest absolute Gasteiger partial charge is 0.326 e. The van der Waals surface area contributed by atoms with E-state index in [2.05, 4.69) is 13.8 Å². The second kappa shape index (κ2) is 12.6. The topological polar surface area (TPSA) is 199 Å². The minimum atomic E-state index is -4.58. The second-order valence-corrected chi connectivity index (χ2v) is 16.0. The van der Waals surface area contributed by atoms with Crippen molar-refractivity contribution >= 4 is 25.5 Å². The predicted molar refractivity (Wildman–Crippen MR) is 151 cm³/mol. The first-order chi connectivity index (χ1) is 19.5. The van der Waals surface area contributed by atoms with Gasteiger partial charge in [0.1, 0.15) is 0 Å². The van der Waals surface area contributed by atoms with Crippen molar-refractivity contribution in [2.75, 3.05) is 6.16 Å². The maximum Gasteiger partial charge on any atom is 0.326 e. The van der Waals surface area contributed by atoms with Crippen molar-refractivity contribution in [3.05, 3.63) is 0 Å². The molecule has 0 amide bonds. The van der Waals surface area contributed by atoms with Gasteiger partial charge in [-0.15, -0.1) is 0 Å². The number of ether oxygens (including phenoxy) is 1. The first-order valence-electron chi connectivity index (χ1n) is 15.5. The first kappa shape index (κ1) is 33.5. The molecule has 0 aromatic rings. The standard InChI is InChI=1S/C30H49O11P/c1-16(4-8-25(34)41-26(35)9-5-17(28(36)37)15-42(38,39)40)20-6-7-21-27-22(14-24(33)30(20,21)3)29(2)11-10-19(31)12-18(29)13-23(27)32/h16-24,27,31-33H,4-15H2,1-3H3,(H,36,37)(H2,38,39,40)/t16-,17?,18?,19-,20?,21?,22?,23-,24+,27?,29+,30-/m1/s1. The van der Waals surface area contributed by atoms with E-state index in [4.69, 9.17) is 19.6 Å². The van der Waals surface area contributed by atoms with Crippen LogP contribution < -0.4 is 0 Å². The van der Waals surface area contributed by atoms with Crippen LogP contribution in [0.15, 0.2) is 0 Å². The number of carbonyl (C=O) groups is 3. The molecule has 4 rings (SSSR count). The number of carboxylic acid groups (broad SMARTS) is 1. The number of hydrogen-bond acceptors (Lipinski definition) is 8. The van der Waals surface area contributed by atoms with E-state index in [-0.39, 0.29) is 59.9 Å². The normalized spacial score (nSPS) is 41.1. The highest BCUT2D eigenvalue weighted by molar-refractivity contribution is 7.51. The molecule has 12 heteroatoms. The Bertz CT molecular complexity index is 1080. The van der Waals surface area contributed by atoms with Crippen LogP contribution in [0.2, 0.25) is 0 Å². The molecule has 12 atom stereocenters. The summed E-state index contributed by atoms with van der Waals surface area (Å²) in [6, 6.07) is 0. The zero-order valence-corrected chi connectivity index (χ0v) is 25.8. The molecule has 0 bridgehead atoms. The number of fused-ring (bicyclic) bond motifs is 5. The van der Waals surface area contributed by atoms with E-state index in [0.29, 0.717) is 25.7 Å². The zero-order valence-electron chi connectivity index (χ0n) is 24.9. The fourth-order valence-corrected chi connectivity index (χ4v) is 10.7. The van der Waals surface area contributed by atoms with Crippen molar-refractivity contribution < 1.29 is 53.9 Å². The van der Waals surface area contributed by atoms with Crippen LogP contribution in [0.5, 0.6) is 0 Å². The van der Waals surface area contributed by atoms with Crippen LogP contribution in [-0.2, 0) is 23.7 Å². The third-order valence-corrected chi connectivity index (χ3v) is 13.0.